The summed E-state index contributed by atoms with van der Waals surface area (Å²) in [7, 11) is 0. The van der Waals surface area contributed by atoms with Crippen LogP contribution in [0.4, 0.5) is 0 Å². The number of allylic oxidation sites excluding steroid dienone is 14. The van der Waals surface area contributed by atoms with Crippen molar-refractivity contribution in [3.05, 3.63) is 85.1 Å². The van der Waals surface area contributed by atoms with E-state index in [9.17, 15) is 14.4 Å². The molecule has 0 aliphatic heterocycles. The van der Waals surface area contributed by atoms with Crippen LogP contribution in [0.1, 0.15) is 310 Å². The van der Waals surface area contributed by atoms with Crippen LogP contribution >= 0.6 is 0 Å². The first-order valence-electron chi connectivity index (χ1n) is 31.6. The number of hydrogen-bond donors (Lipinski definition) is 0. The highest BCUT2D eigenvalue weighted by atomic mass is 16.6. The van der Waals surface area contributed by atoms with E-state index in [0.717, 1.165) is 103 Å². The standard InChI is InChI=1S/C68H118O6/c1-4-7-10-13-16-19-22-24-26-28-30-31-32-33-34-35-36-37-39-40-42-44-46-49-52-55-58-61-67(70)73-64-65(63-72-66(69)60-57-54-51-48-21-18-15-12-9-6-3)74-68(71)62-59-56-53-50-47-45-43-41-38-29-27-25-23-20-17-14-11-8-5-2/h8,11,17,20,22,24-25,27-28,30,38,41,45,47,65H,4-7,9-10,12-16,18-19,21,23,26,29,31-37,39-40,42-44,46,48-64H2,1-3H3/b11-8-,20-17-,24-22-,27-25-,30-28-,41-38-,47-45-. The van der Waals surface area contributed by atoms with E-state index in [2.05, 4.69) is 106 Å². The predicted octanol–water partition coefficient (Wildman–Crippen LogP) is 21.5. The van der Waals surface area contributed by atoms with E-state index in [4.69, 9.17) is 14.2 Å². The van der Waals surface area contributed by atoms with Gasteiger partial charge in [0.05, 0.1) is 0 Å². The van der Waals surface area contributed by atoms with Gasteiger partial charge in [-0.1, -0.05) is 279 Å². The maximum absolute atomic E-state index is 12.9. The van der Waals surface area contributed by atoms with Crippen molar-refractivity contribution in [2.75, 3.05) is 13.2 Å². The Morgan fingerprint density at radius 1 is 0.284 bits per heavy atom. The minimum atomic E-state index is -0.792. The molecule has 0 radical (unpaired) electrons. The summed E-state index contributed by atoms with van der Waals surface area (Å²) in [6.07, 6.45) is 81.7. The van der Waals surface area contributed by atoms with Crippen molar-refractivity contribution in [3.8, 4) is 0 Å². The van der Waals surface area contributed by atoms with Gasteiger partial charge >= 0.3 is 17.9 Å². The van der Waals surface area contributed by atoms with Gasteiger partial charge in [0.2, 0.25) is 0 Å². The molecule has 1 unspecified atom stereocenters. The molecular formula is C68H118O6. The fourth-order valence-corrected chi connectivity index (χ4v) is 8.91. The number of ether oxygens (including phenoxy) is 3. The molecule has 0 rings (SSSR count). The van der Waals surface area contributed by atoms with E-state index < -0.39 is 6.10 Å². The summed E-state index contributed by atoms with van der Waals surface area (Å²) in [5.41, 5.74) is 0. The minimum Gasteiger partial charge on any atom is -0.462 e. The van der Waals surface area contributed by atoms with Crippen LogP contribution in [0.3, 0.4) is 0 Å². The van der Waals surface area contributed by atoms with Crippen molar-refractivity contribution in [2.45, 2.75) is 316 Å². The summed E-state index contributed by atoms with van der Waals surface area (Å²) in [4.78, 5) is 38.2. The zero-order chi connectivity index (χ0) is 53.6. The quantitative estimate of drug-likeness (QED) is 0.0261. The van der Waals surface area contributed by atoms with Gasteiger partial charge in [-0.15, -0.1) is 0 Å². The Morgan fingerprint density at radius 2 is 0.527 bits per heavy atom. The van der Waals surface area contributed by atoms with Crippen molar-refractivity contribution in [1.29, 1.82) is 0 Å². The van der Waals surface area contributed by atoms with E-state index >= 15 is 0 Å². The van der Waals surface area contributed by atoms with Gasteiger partial charge in [0.1, 0.15) is 13.2 Å². The Labute approximate surface area is 458 Å². The van der Waals surface area contributed by atoms with Gasteiger partial charge < -0.3 is 14.2 Å². The van der Waals surface area contributed by atoms with Crippen LogP contribution in [-0.4, -0.2) is 37.2 Å². The molecule has 6 heteroatoms. The third kappa shape index (κ3) is 59.5. The molecule has 0 saturated carbocycles. The summed E-state index contributed by atoms with van der Waals surface area (Å²) < 4.78 is 16.9. The summed E-state index contributed by atoms with van der Waals surface area (Å²) in [6, 6.07) is 0. The predicted molar refractivity (Wildman–Crippen MR) is 321 cm³/mol. The first-order valence-corrected chi connectivity index (χ1v) is 31.6. The lowest BCUT2D eigenvalue weighted by molar-refractivity contribution is -0.167. The van der Waals surface area contributed by atoms with Crippen LogP contribution in [-0.2, 0) is 28.6 Å². The normalized spacial score (nSPS) is 12.6. The second kappa shape index (κ2) is 62.1. The first kappa shape index (κ1) is 70.6. The van der Waals surface area contributed by atoms with Crippen LogP contribution in [0.2, 0.25) is 0 Å². The van der Waals surface area contributed by atoms with Gasteiger partial charge in [-0.25, -0.2) is 0 Å². The van der Waals surface area contributed by atoms with Gasteiger partial charge in [0.25, 0.3) is 0 Å². The Bertz CT molecular complexity index is 1420. The highest BCUT2D eigenvalue weighted by Gasteiger charge is 2.19. The third-order valence-electron chi connectivity index (χ3n) is 13.6. The molecular weight excluding hydrogens is 913 g/mol. The monoisotopic (exact) mass is 1030 g/mol. The molecule has 0 heterocycles. The number of hydrogen-bond acceptors (Lipinski definition) is 6. The van der Waals surface area contributed by atoms with Crippen LogP contribution in [0, 0.1) is 0 Å². The van der Waals surface area contributed by atoms with Crippen molar-refractivity contribution in [2.24, 2.45) is 0 Å². The summed E-state index contributed by atoms with van der Waals surface area (Å²) >= 11 is 0. The van der Waals surface area contributed by atoms with Gasteiger partial charge in [-0.2, -0.15) is 0 Å². The van der Waals surface area contributed by atoms with Crippen molar-refractivity contribution >= 4 is 17.9 Å². The molecule has 0 aliphatic carbocycles. The number of unbranched alkanes of at least 4 members (excludes halogenated alkanes) is 32. The molecule has 1 atom stereocenters. The van der Waals surface area contributed by atoms with Crippen molar-refractivity contribution in [1.82, 2.24) is 0 Å². The Hall–Kier alpha value is -3.41. The fraction of sp³-hybridized carbons (Fsp3) is 0.750. The van der Waals surface area contributed by atoms with E-state index in [1.165, 1.54) is 167 Å². The number of esters is 3. The van der Waals surface area contributed by atoms with E-state index in [1.807, 2.05) is 0 Å². The molecule has 0 aromatic carbocycles. The zero-order valence-electron chi connectivity index (χ0n) is 48.8. The number of carbonyl (C=O) groups is 3. The van der Waals surface area contributed by atoms with Gasteiger partial charge in [-0.05, 0) is 96.3 Å². The number of carbonyl (C=O) groups excluding carboxylic acids is 3. The van der Waals surface area contributed by atoms with Gasteiger partial charge in [0, 0.05) is 19.3 Å². The maximum atomic E-state index is 12.9. The van der Waals surface area contributed by atoms with Crippen molar-refractivity contribution < 1.29 is 28.6 Å². The second-order valence-corrected chi connectivity index (χ2v) is 20.9. The molecule has 0 fully saturated rings. The average molecular weight is 1030 g/mol. The summed E-state index contributed by atoms with van der Waals surface area (Å²) in [5, 5.41) is 0. The van der Waals surface area contributed by atoms with E-state index in [-0.39, 0.29) is 31.1 Å². The van der Waals surface area contributed by atoms with Crippen LogP contribution in [0.15, 0.2) is 85.1 Å². The summed E-state index contributed by atoms with van der Waals surface area (Å²) in [5.74, 6) is -0.911. The molecule has 74 heavy (non-hydrogen) atoms. The van der Waals surface area contributed by atoms with Crippen LogP contribution in [0.5, 0.6) is 0 Å². The lowest BCUT2D eigenvalue weighted by Crippen LogP contribution is -2.30. The van der Waals surface area contributed by atoms with E-state index in [0.29, 0.717) is 19.3 Å². The molecule has 426 valence electrons. The Kier molecular flexibility index (Phi) is 59.3. The Morgan fingerprint density at radius 3 is 0.838 bits per heavy atom. The van der Waals surface area contributed by atoms with Crippen LogP contribution < -0.4 is 0 Å². The molecule has 0 aliphatic rings. The van der Waals surface area contributed by atoms with Gasteiger partial charge in [-0.3, -0.25) is 14.4 Å². The minimum absolute atomic E-state index is 0.0873. The lowest BCUT2D eigenvalue weighted by atomic mass is 10.0. The van der Waals surface area contributed by atoms with Crippen molar-refractivity contribution in [3.63, 3.8) is 0 Å². The Balaban J connectivity index is 4.25. The first-order chi connectivity index (χ1) is 36.5. The molecule has 0 aromatic rings. The lowest BCUT2D eigenvalue weighted by Gasteiger charge is -2.18. The molecule has 0 amide bonds. The molecule has 6 nitrogen and oxygen atoms in total. The highest BCUT2D eigenvalue weighted by molar-refractivity contribution is 5.71. The fourth-order valence-electron chi connectivity index (χ4n) is 8.91. The topological polar surface area (TPSA) is 78.9 Å². The highest BCUT2D eigenvalue weighted by Crippen LogP contribution is 2.16. The molecule has 0 aromatic heterocycles. The zero-order valence-corrected chi connectivity index (χ0v) is 48.8. The maximum Gasteiger partial charge on any atom is 0.306 e. The second-order valence-electron chi connectivity index (χ2n) is 20.9. The molecule has 0 saturated heterocycles. The number of rotatable bonds is 57. The summed E-state index contributed by atoms with van der Waals surface area (Å²) in [6.45, 7) is 6.50. The molecule has 0 N–H and O–H groups in total. The smallest absolute Gasteiger partial charge is 0.306 e. The SMILES string of the molecule is CC/C=C\C/C=C\C/C=C\C/C=C\C/C=C\CCCCCC(=O)OC(COC(=O)CCCCCCCCCCCC)COC(=O)CCCCCCCCCCCCCCCCC/C=C\C/C=C\CCCCCCC. The largest absolute Gasteiger partial charge is 0.462 e. The third-order valence-corrected chi connectivity index (χ3v) is 13.6. The van der Waals surface area contributed by atoms with Crippen LogP contribution in [0.25, 0.3) is 0 Å². The average Bonchev–Trinajstić information content (AvgIpc) is 3.40. The van der Waals surface area contributed by atoms with Gasteiger partial charge in [0.15, 0.2) is 6.10 Å². The molecule has 0 bridgehead atoms. The molecule has 0 spiro atoms. The van der Waals surface area contributed by atoms with E-state index in [1.54, 1.807) is 0 Å².